The van der Waals surface area contributed by atoms with E-state index in [1.807, 2.05) is 31.2 Å². The average molecular weight is 498 g/mol. The molecule has 35 heavy (non-hydrogen) atoms. The number of benzene rings is 3. The molecule has 2 N–H and O–H groups in total. The molecule has 0 spiro atoms. The second-order valence-corrected chi connectivity index (χ2v) is 9.84. The molecular weight excluding hydrogens is 469 g/mol. The number of carbonyl (C=O) groups excluding carboxylic acids is 2. The van der Waals surface area contributed by atoms with E-state index in [4.69, 9.17) is 0 Å². The maximum Gasteiger partial charge on any atom is 0.258 e. The number of amides is 2. The molecule has 0 saturated heterocycles. The monoisotopic (exact) mass is 497 g/mol. The fourth-order valence-electron chi connectivity index (χ4n) is 3.51. The molecule has 0 heterocycles. The number of anilines is 1. The molecule has 0 aromatic heterocycles. The summed E-state index contributed by atoms with van der Waals surface area (Å²) in [4.78, 5) is 25.5. The van der Waals surface area contributed by atoms with Crippen LogP contribution in [0.4, 0.5) is 10.1 Å². The number of rotatable bonds is 9. The van der Waals surface area contributed by atoms with Gasteiger partial charge in [0.05, 0.1) is 21.7 Å². The first kappa shape index (κ1) is 26.1. The Bertz CT molecular complexity index is 1320. The molecule has 7 nitrogen and oxygen atoms in total. The van der Waals surface area contributed by atoms with Crippen molar-refractivity contribution in [1.29, 1.82) is 0 Å². The zero-order valence-electron chi connectivity index (χ0n) is 19.8. The summed E-state index contributed by atoms with van der Waals surface area (Å²) >= 11 is 0. The van der Waals surface area contributed by atoms with E-state index in [-0.39, 0.29) is 29.2 Å². The van der Waals surface area contributed by atoms with Crippen molar-refractivity contribution in [2.75, 3.05) is 18.4 Å². The lowest BCUT2D eigenvalue weighted by Gasteiger charge is -2.19. The van der Waals surface area contributed by atoms with Gasteiger partial charge in [0.2, 0.25) is 10.0 Å². The van der Waals surface area contributed by atoms with Gasteiger partial charge in [-0.3, -0.25) is 9.59 Å². The first-order chi connectivity index (χ1) is 16.7. The molecule has 0 aliphatic carbocycles. The van der Waals surface area contributed by atoms with Crippen molar-refractivity contribution in [3.8, 4) is 0 Å². The highest BCUT2D eigenvalue weighted by Gasteiger charge is 2.25. The summed E-state index contributed by atoms with van der Waals surface area (Å²) < 4.78 is 41.4. The van der Waals surface area contributed by atoms with Gasteiger partial charge in [-0.1, -0.05) is 55.8 Å². The van der Waals surface area contributed by atoms with Gasteiger partial charge in [-0.25, -0.2) is 12.8 Å². The molecule has 0 bridgehead atoms. The third-order valence-electron chi connectivity index (χ3n) is 5.52. The van der Waals surface area contributed by atoms with Crippen LogP contribution in [-0.4, -0.2) is 37.6 Å². The molecule has 9 heteroatoms. The van der Waals surface area contributed by atoms with Crippen molar-refractivity contribution in [3.05, 3.63) is 94.8 Å². The van der Waals surface area contributed by atoms with Gasteiger partial charge in [-0.05, 0) is 42.8 Å². The second-order valence-electron chi connectivity index (χ2n) is 7.90. The average Bonchev–Trinajstić information content (AvgIpc) is 2.84. The molecule has 0 radical (unpaired) electrons. The standard InChI is InChI=1S/C26H28FN3O4S/c1-4-30(5-2)35(33,34)20-14-15-23(27)22(16-20)26(32)29-24-9-7-6-8-21(24)25(31)28-17-19-12-10-18(3)11-13-19/h6-16H,4-5,17H2,1-3H3,(H,28,31)(H,29,32). The summed E-state index contributed by atoms with van der Waals surface area (Å²) in [6.07, 6.45) is 0. The quantitative estimate of drug-likeness (QED) is 0.460. The Morgan fingerprint density at radius 3 is 2.20 bits per heavy atom. The molecular formula is C26H28FN3O4S. The Labute approximate surface area is 205 Å². The van der Waals surface area contributed by atoms with Gasteiger partial charge in [-0.15, -0.1) is 0 Å². The summed E-state index contributed by atoms with van der Waals surface area (Å²) in [5.41, 5.74) is 1.96. The van der Waals surface area contributed by atoms with E-state index in [0.29, 0.717) is 6.54 Å². The minimum absolute atomic E-state index is 0.176. The van der Waals surface area contributed by atoms with Crippen LogP contribution in [-0.2, 0) is 16.6 Å². The summed E-state index contributed by atoms with van der Waals surface area (Å²) in [5, 5.41) is 5.35. The van der Waals surface area contributed by atoms with E-state index in [9.17, 15) is 22.4 Å². The maximum atomic E-state index is 14.5. The Hall–Kier alpha value is -3.56. The van der Waals surface area contributed by atoms with Gasteiger partial charge >= 0.3 is 0 Å². The van der Waals surface area contributed by atoms with Crippen LogP contribution in [0.3, 0.4) is 0 Å². The highest BCUT2D eigenvalue weighted by atomic mass is 32.2. The summed E-state index contributed by atoms with van der Waals surface area (Å²) in [7, 11) is -3.88. The van der Waals surface area contributed by atoms with Crippen LogP contribution in [0.25, 0.3) is 0 Å². The van der Waals surface area contributed by atoms with Crippen LogP contribution in [0.2, 0.25) is 0 Å². The first-order valence-electron chi connectivity index (χ1n) is 11.2. The van der Waals surface area contributed by atoms with Crippen molar-refractivity contribution in [2.45, 2.75) is 32.2 Å². The molecule has 3 rings (SSSR count). The maximum absolute atomic E-state index is 14.5. The minimum atomic E-state index is -3.88. The zero-order valence-corrected chi connectivity index (χ0v) is 20.7. The number of halogens is 1. The van der Waals surface area contributed by atoms with Gasteiger partial charge in [0.25, 0.3) is 11.8 Å². The van der Waals surface area contributed by atoms with Crippen LogP contribution in [0.5, 0.6) is 0 Å². The molecule has 0 atom stereocenters. The van der Waals surface area contributed by atoms with Crippen molar-refractivity contribution in [3.63, 3.8) is 0 Å². The van der Waals surface area contributed by atoms with Crippen molar-refractivity contribution < 1.29 is 22.4 Å². The van der Waals surface area contributed by atoms with E-state index < -0.39 is 33.2 Å². The number of hydrogen-bond donors (Lipinski definition) is 2. The highest BCUT2D eigenvalue weighted by Crippen LogP contribution is 2.22. The van der Waals surface area contributed by atoms with E-state index in [0.717, 1.165) is 29.3 Å². The topological polar surface area (TPSA) is 95.6 Å². The van der Waals surface area contributed by atoms with Crippen molar-refractivity contribution in [2.24, 2.45) is 0 Å². The molecule has 0 unspecified atom stereocenters. The normalized spacial score (nSPS) is 11.3. The van der Waals surface area contributed by atoms with E-state index in [1.54, 1.807) is 26.0 Å². The predicted molar refractivity (Wildman–Crippen MR) is 133 cm³/mol. The number of hydrogen-bond acceptors (Lipinski definition) is 4. The molecule has 0 aliphatic heterocycles. The number of sulfonamides is 1. The molecule has 3 aromatic carbocycles. The van der Waals surface area contributed by atoms with Gasteiger partial charge in [-0.2, -0.15) is 4.31 Å². The number of nitrogens with zero attached hydrogens (tertiary/aromatic N) is 1. The fourth-order valence-corrected chi connectivity index (χ4v) is 5.00. The first-order valence-corrected chi connectivity index (χ1v) is 12.6. The molecule has 0 fully saturated rings. The SMILES string of the molecule is CCN(CC)S(=O)(=O)c1ccc(F)c(C(=O)Nc2ccccc2C(=O)NCc2ccc(C)cc2)c1. The largest absolute Gasteiger partial charge is 0.348 e. The molecule has 184 valence electrons. The predicted octanol–water partition coefficient (Wildman–Crippen LogP) is 4.35. The molecule has 3 aromatic rings. The van der Waals surface area contributed by atoms with Crippen LogP contribution in [0, 0.1) is 12.7 Å². The van der Waals surface area contributed by atoms with Crippen LogP contribution < -0.4 is 10.6 Å². The minimum Gasteiger partial charge on any atom is -0.348 e. The van der Waals surface area contributed by atoms with Gasteiger partial charge < -0.3 is 10.6 Å². The number of carbonyl (C=O) groups is 2. The van der Waals surface area contributed by atoms with Gasteiger partial charge in [0.15, 0.2) is 0 Å². The zero-order chi connectivity index (χ0) is 25.6. The van der Waals surface area contributed by atoms with Crippen molar-refractivity contribution in [1.82, 2.24) is 9.62 Å². The number of nitrogens with one attached hydrogen (secondary N) is 2. The Balaban J connectivity index is 1.82. The Morgan fingerprint density at radius 2 is 1.54 bits per heavy atom. The lowest BCUT2D eigenvalue weighted by atomic mass is 10.1. The second kappa shape index (κ2) is 11.2. The fraction of sp³-hybridized carbons (Fsp3) is 0.231. The summed E-state index contributed by atoms with van der Waals surface area (Å²) in [5.74, 6) is -2.15. The summed E-state index contributed by atoms with van der Waals surface area (Å²) in [6, 6.07) is 17.1. The van der Waals surface area contributed by atoms with Gasteiger partial charge in [0, 0.05) is 19.6 Å². The highest BCUT2D eigenvalue weighted by molar-refractivity contribution is 7.89. The lowest BCUT2D eigenvalue weighted by Crippen LogP contribution is -2.31. The third kappa shape index (κ3) is 6.12. The number of para-hydroxylation sites is 1. The smallest absolute Gasteiger partial charge is 0.258 e. The molecule has 0 saturated carbocycles. The van der Waals surface area contributed by atoms with E-state index in [1.165, 1.54) is 16.4 Å². The van der Waals surface area contributed by atoms with Crippen LogP contribution >= 0.6 is 0 Å². The van der Waals surface area contributed by atoms with E-state index in [2.05, 4.69) is 10.6 Å². The number of aryl methyl sites for hydroxylation is 1. The van der Waals surface area contributed by atoms with Crippen molar-refractivity contribution >= 4 is 27.5 Å². The van der Waals surface area contributed by atoms with Crippen LogP contribution in [0.15, 0.2) is 71.6 Å². The van der Waals surface area contributed by atoms with Gasteiger partial charge in [0.1, 0.15) is 5.82 Å². The molecule has 2 amide bonds. The van der Waals surface area contributed by atoms with Crippen LogP contribution in [0.1, 0.15) is 45.7 Å². The Morgan fingerprint density at radius 1 is 0.886 bits per heavy atom. The third-order valence-corrected chi connectivity index (χ3v) is 7.57. The lowest BCUT2D eigenvalue weighted by molar-refractivity contribution is 0.0951. The van der Waals surface area contributed by atoms with E-state index >= 15 is 0 Å². The molecule has 0 aliphatic rings. The summed E-state index contributed by atoms with van der Waals surface area (Å²) in [6.45, 7) is 6.13. The Kier molecular flexibility index (Phi) is 8.37.